The van der Waals surface area contributed by atoms with Gasteiger partial charge in [0.05, 0.1) is 18.4 Å². The quantitative estimate of drug-likeness (QED) is 0.884. The number of anilines is 1. The fourth-order valence-electron chi connectivity index (χ4n) is 1.70. The number of methoxy groups -OCH3 is 1. The van der Waals surface area contributed by atoms with Gasteiger partial charge in [-0.1, -0.05) is 0 Å². The van der Waals surface area contributed by atoms with E-state index in [0.717, 1.165) is 31.4 Å². The zero-order valence-corrected chi connectivity index (χ0v) is 11.0. The minimum absolute atomic E-state index is 0.104. The number of ether oxygens (including phenoxy) is 1. The van der Waals surface area contributed by atoms with Crippen LogP contribution in [0.2, 0.25) is 0 Å². The molecule has 0 unspecified atom stereocenters. The molecule has 0 bridgehead atoms. The van der Waals surface area contributed by atoms with Crippen LogP contribution in [-0.4, -0.2) is 19.0 Å². The zero-order valence-electron chi connectivity index (χ0n) is 11.0. The van der Waals surface area contributed by atoms with Crippen LogP contribution in [0.1, 0.15) is 20.7 Å². The van der Waals surface area contributed by atoms with Crippen molar-refractivity contribution in [3.8, 4) is 0 Å². The van der Waals surface area contributed by atoms with Crippen molar-refractivity contribution in [1.82, 2.24) is 0 Å². The highest BCUT2D eigenvalue weighted by atomic mass is 19.1. The molecule has 0 aromatic heterocycles. The summed E-state index contributed by atoms with van der Waals surface area (Å²) >= 11 is 0. The van der Waals surface area contributed by atoms with Gasteiger partial charge < -0.3 is 10.1 Å². The number of hydrogen-bond acceptors (Lipinski definition) is 3. The molecular formula is C15H11F2NO3. The molecule has 0 atom stereocenters. The second-order valence-corrected chi connectivity index (χ2v) is 4.14. The summed E-state index contributed by atoms with van der Waals surface area (Å²) in [6, 6.07) is 8.20. The summed E-state index contributed by atoms with van der Waals surface area (Å²) in [5.41, 5.74) is 0.210. The van der Waals surface area contributed by atoms with Crippen LogP contribution in [0.15, 0.2) is 42.5 Å². The monoisotopic (exact) mass is 291 g/mol. The van der Waals surface area contributed by atoms with Gasteiger partial charge in [-0.15, -0.1) is 0 Å². The van der Waals surface area contributed by atoms with Crippen molar-refractivity contribution in [1.29, 1.82) is 0 Å². The van der Waals surface area contributed by atoms with Crippen molar-refractivity contribution in [3.63, 3.8) is 0 Å². The third-order valence-electron chi connectivity index (χ3n) is 2.74. The number of nitrogens with one attached hydrogen (secondary N) is 1. The predicted octanol–water partition coefficient (Wildman–Crippen LogP) is 3.00. The number of amides is 1. The van der Waals surface area contributed by atoms with Crippen LogP contribution in [0.25, 0.3) is 0 Å². The third kappa shape index (κ3) is 3.42. The van der Waals surface area contributed by atoms with E-state index in [1.165, 1.54) is 18.2 Å². The normalized spacial score (nSPS) is 10.0. The first-order valence-electron chi connectivity index (χ1n) is 5.96. The number of carbonyl (C=O) groups excluding carboxylic acids is 2. The molecule has 0 aliphatic rings. The molecule has 1 N–H and O–H groups in total. The molecule has 0 aliphatic heterocycles. The lowest BCUT2D eigenvalue weighted by molar-refractivity contribution is 0.0601. The molecule has 0 saturated heterocycles. The van der Waals surface area contributed by atoms with Crippen LogP contribution in [0.4, 0.5) is 14.5 Å². The third-order valence-corrected chi connectivity index (χ3v) is 2.74. The number of halogens is 2. The van der Waals surface area contributed by atoms with E-state index in [1.807, 2.05) is 0 Å². The molecule has 2 rings (SSSR count). The minimum Gasteiger partial charge on any atom is -0.465 e. The van der Waals surface area contributed by atoms with Crippen LogP contribution in [0.5, 0.6) is 0 Å². The van der Waals surface area contributed by atoms with Crippen molar-refractivity contribution in [2.45, 2.75) is 0 Å². The molecule has 4 nitrogen and oxygen atoms in total. The fourth-order valence-corrected chi connectivity index (χ4v) is 1.70. The Morgan fingerprint density at radius 2 is 1.62 bits per heavy atom. The fraction of sp³-hybridized carbons (Fsp3) is 0.0667. The lowest BCUT2D eigenvalue weighted by Crippen LogP contribution is -2.15. The maximum absolute atomic E-state index is 13.2. The average molecular weight is 291 g/mol. The molecule has 0 spiro atoms. The molecule has 2 aromatic carbocycles. The van der Waals surface area contributed by atoms with Crippen LogP contribution in [0, 0.1) is 11.6 Å². The van der Waals surface area contributed by atoms with Crippen molar-refractivity contribution < 1.29 is 23.1 Å². The Bertz CT molecular complexity index is 684. The molecule has 0 fully saturated rings. The second kappa shape index (κ2) is 6.13. The van der Waals surface area contributed by atoms with Gasteiger partial charge in [0.1, 0.15) is 11.6 Å². The molecule has 6 heteroatoms. The summed E-state index contributed by atoms with van der Waals surface area (Å²) in [7, 11) is 1.15. The summed E-state index contributed by atoms with van der Waals surface area (Å²) < 4.78 is 30.5. The highest BCUT2D eigenvalue weighted by Crippen LogP contribution is 2.19. The Balaban J connectivity index is 2.28. The zero-order chi connectivity index (χ0) is 15.4. The van der Waals surface area contributed by atoms with E-state index < -0.39 is 23.5 Å². The number of hydrogen-bond donors (Lipinski definition) is 1. The van der Waals surface area contributed by atoms with Gasteiger partial charge in [0.15, 0.2) is 0 Å². The van der Waals surface area contributed by atoms with Crippen LogP contribution >= 0.6 is 0 Å². The maximum atomic E-state index is 13.2. The molecule has 0 saturated carbocycles. The minimum atomic E-state index is -0.774. The lowest BCUT2D eigenvalue weighted by Gasteiger charge is -2.10. The van der Waals surface area contributed by atoms with Gasteiger partial charge in [0.2, 0.25) is 0 Å². The SMILES string of the molecule is COC(=O)c1cc(F)ccc1NC(=O)c1ccc(F)cc1. The topological polar surface area (TPSA) is 55.4 Å². The van der Waals surface area contributed by atoms with E-state index in [2.05, 4.69) is 10.1 Å². The summed E-state index contributed by atoms with van der Waals surface area (Å²) in [4.78, 5) is 23.6. The van der Waals surface area contributed by atoms with Crippen molar-refractivity contribution >= 4 is 17.6 Å². The number of esters is 1. The Labute approximate surface area is 119 Å². The molecule has 0 radical (unpaired) electrons. The smallest absolute Gasteiger partial charge is 0.340 e. The molecule has 2 aromatic rings. The first kappa shape index (κ1) is 14.6. The van der Waals surface area contributed by atoms with E-state index in [1.54, 1.807) is 0 Å². The van der Waals surface area contributed by atoms with E-state index in [4.69, 9.17) is 0 Å². The van der Waals surface area contributed by atoms with Gasteiger partial charge in [-0.2, -0.15) is 0 Å². The molecule has 21 heavy (non-hydrogen) atoms. The van der Waals surface area contributed by atoms with Crippen molar-refractivity contribution in [2.24, 2.45) is 0 Å². The predicted molar refractivity (Wildman–Crippen MR) is 72.1 cm³/mol. The van der Waals surface area contributed by atoms with E-state index >= 15 is 0 Å². The first-order valence-corrected chi connectivity index (χ1v) is 5.96. The molecule has 1 amide bonds. The average Bonchev–Trinajstić information content (AvgIpc) is 2.48. The Hall–Kier alpha value is -2.76. The molecular weight excluding hydrogens is 280 g/mol. The largest absolute Gasteiger partial charge is 0.465 e. The summed E-state index contributed by atoms with van der Waals surface area (Å²) in [5, 5.41) is 2.46. The first-order chi connectivity index (χ1) is 10.0. The summed E-state index contributed by atoms with van der Waals surface area (Å²) in [6.45, 7) is 0. The van der Waals surface area contributed by atoms with Crippen LogP contribution in [-0.2, 0) is 4.74 Å². The Morgan fingerprint density at radius 3 is 2.24 bits per heavy atom. The number of carbonyl (C=O) groups is 2. The van der Waals surface area contributed by atoms with Crippen LogP contribution in [0.3, 0.4) is 0 Å². The molecule has 0 aliphatic carbocycles. The van der Waals surface area contributed by atoms with Crippen molar-refractivity contribution in [3.05, 3.63) is 65.2 Å². The van der Waals surface area contributed by atoms with Gasteiger partial charge in [-0.25, -0.2) is 13.6 Å². The molecule has 0 heterocycles. The maximum Gasteiger partial charge on any atom is 0.340 e. The van der Waals surface area contributed by atoms with Gasteiger partial charge in [0, 0.05) is 5.56 Å². The molecule has 108 valence electrons. The van der Waals surface area contributed by atoms with E-state index in [0.29, 0.717) is 0 Å². The highest BCUT2D eigenvalue weighted by Gasteiger charge is 2.15. The lowest BCUT2D eigenvalue weighted by atomic mass is 10.1. The Kier molecular flexibility index (Phi) is 4.27. The number of rotatable bonds is 3. The van der Waals surface area contributed by atoms with E-state index in [-0.39, 0.29) is 16.8 Å². The van der Waals surface area contributed by atoms with Gasteiger partial charge >= 0.3 is 5.97 Å². The Morgan fingerprint density at radius 1 is 1.00 bits per heavy atom. The van der Waals surface area contributed by atoms with E-state index in [9.17, 15) is 18.4 Å². The van der Waals surface area contributed by atoms with Gasteiger partial charge in [0.25, 0.3) is 5.91 Å². The van der Waals surface area contributed by atoms with Crippen molar-refractivity contribution in [2.75, 3.05) is 12.4 Å². The van der Waals surface area contributed by atoms with Gasteiger partial charge in [-0.05, 0) is 42.5 Å². The standard InChI is InChI=1S/C15H11F2NO3/c1-21-15(20)12-8-11(17)6-7-13(12)18-14(19)9-2-4-10(16)5-3-9/h2-8H,1H3,(H,18,19). The summed E-state index contributed by atoms with van der Waals surface area (Å²) in [6.07, 6.45) is 0. The highest BCUT2D eigenvalue weighted by molar-refractivity contribution is 6.07. The van der Waals surface area contributed by atoms with Crippen LogP contribution < -0.4 is 5.32 Å². The number of benzene rings is 2. The summed E-state index contributed by atoms with van der Waals surface area (Å²) in [5.74, 6) is -2.42. The second-order valence-electron chi connectivity index (χ2n) is 4.14. The van der Waals surface area contributed by atoms with Gasteiger partial charge in [-0.3, -0.25) is 4.79 Å².